The highest BCUT2D eigenvalue weighted by Crippen LogP contribution is 2.21. The highest BCUT2D eigenvalue weighted by Gasteiger charge is 2.20. The summed E-state index contributed by atoms with van der Waals surface area (Å²) in [5.41, 5.74) is 7.06. The summed E-state index contributed by atoms with van der Waals surface area (Å²) >= 11 is 0. The molecule has 3 N–H and O–H groups in total. The molecule has 2 rings (SSSR count). The van der Waals surface area contributed by atoms with Crippen LogP contribution >= 0.6 is 0 Å². The molecule has 2 aromatic rings. The molecule has 0 aliphatic heterocycles. The van der Waals surface area contributed by atoms with Gasteiger partial charge < -0.3 is 20.1 Å². The number of rotatable bonds is 6. The number of nitrogens with two attached hydrogens (primary N) is 1. The summed E-state index contributed by atoms with van der Waals surface area (Å²) in [6.45, 7) is 1.99. The third-order valence-corrected chi connectivity index (χ3v) is 3.11. The highest BCUT2D eigenvalue weighted by atomic mass is 16.5. The molecule has 1 unspecified atom stereocenters. The van der Waals surface area contributed by atoms with E-state index in [4.69, 9.17) is 15.0 Å². The van der Waals surface area contributed by atoms with Gasteiger partial charge in [-0.2, -0.15) is 4.98 Å². The number of aromatic hydroxyl groups is 1. The van der Waals surface area contributed by atoms with Crippen LogP contribution in [0.1, 0.15) is 42.8 Å². The molecule has 2 atom stereocenters. The zero-order chi connectivity index (χ0) is 14.5. The van der Waals surface area contributed by atoms with Crippen LogP contribution in [0.4, 0.5) is 0 Å². The average Bonchev–Trinajstić information content (AvgIpc) is 2.92. The lowest BCUT2D eigenvalue weighted by atomic mass is 10.1. The van der Waals surface area contributed by atoms with E-state index >= 15 is 0 Å². The quantitative estimate of drug-likeness (QED) is 0.839. The second-order valence-corrected chi connectivity index (χ2v) is 4.60. The fraction of sp³-hybridized carbons (Fsp3) is 0.429. The van der Waals surface area contributed by atoms with E-state index in [1.54, 1.807) is 19.2 Å². The van der Waals surface area contributed by atoms with Gasteiger partial charge in [0.15, 0.2) is 0 Å². The summed E-state index contributed by atoms with van der Waals surface area (Å²) in [6.07, 6.45) is 1.15. The standard InChI is InChI=1S/C14H19N3O3/c1-3-12(19-2)13-16-14(20-17-13)11(15)8-9-4-6-10(18)7-5-9/h4-7,11-12,18H,3,8,15H2,1-2H3/t11-,12?/m1/s1. The van der Waals surface area contributed by atoms with Crippen molar-refractivity contribution in [2.24, 2.45) is 5.73 Å². The molecule has 0 aliphatic rings. The van der Waals surface area contributed by atoms with Crippen molar-refractivity contribution in [3.63, 3.8) is 0 Å². The number of methoxy groups -OCH3 is 1. The first-order valence-corrected chi connectivity index (χ1v) is 6.53. The monoisotopic (exact) mass is 277 g/mol. The topological polar surface area (TPSA) is 94.4 Å². The van der Waals surface area contributed by atoms with E-state index in [0.29, 0.717) is 18.1 Å². The van der Waals surface area contributed by atoms with E-state index in [1.165, 1.54) is 0 Å². The van der Waals surface area contributed by atoms with E-state index in [1.807, 2.05) is 19.1 Å². The molecule has 6 heteroatoms. The van der Waals surface area contributed by atoms with Crippen molar-refractivity contribution in [2.75, 3.05) is 7.11 Å². The summed E-state index contributed by atoms with van der Waals surface area (Å²) < 4.78 is 10.4. The van der Waals surface area contributed by atoms with Crippen LogP contribution in [0.5, 0.6) is 5.75 Å². The number of phenolic OH excluding ortho intramolecular Hbond substituents is 1. The van der Waals surface area contributed by atoms with Gasteiger partial charge in [0.25, 0.3) is 0 Å². The van der Waals surface area contributed by atoms with Gasteiger partial charge in [-0.1, -0.05) is 24.2 Å². The first kappa shape index (κ1) is 14.5. The van der Waals surface area contributed by atoms with Gasteiger partial charge in [-0.05, 0) is 30.5 Å². The van der Waals surface area contributed by atoms with Crippen molar-refractivity contribution in [3.05, 3.63) is 41.5 Å². The fourth-order valence-corrected chi connectivity index (χ4v) is 1.96. The first-order valence-electron chi connectivity index (χ1n) is 6.53. The number of hydrogen-bond acceptors (Lipinski definition) is 6. The summed E-state index contributed by atoms with van der Waals surface area (Å²) in [4.78, 5) is 4.29. The zero-order valence-corrected chi connectivity index (χ0v) is 11.6. The molecule has 1 aromatic heterocycles. The Morgan fingerprint density at radius 2 is 2.05 bits per heavy atom. The van der Waals surface area contributed by atoms with Gasteiger partial charge in [-0.25, -0.2) is 0 Å². The molecule has 108 valence electrons. The third kappa shape index (κ3) is 3.34. The van der Waals surface area contributed by atoms with Crippen LogP contribution in [0.2, 0.25) is 0 Å². The number of nitrogens with zero attached hydrogens (tertiary/aromatic N) is 2. The highest BCUT2D eigenvalue weighted by molar-refractivity contribution is 5.26. The van der Waals surface area contributed by atoms with Crippen LogP contribution in [0.25, 0.3) is 0 Å². The molecule has 1 aromatic carbocycles. The van der Waals surface area contributed by atoms with Crippen LogP contribution in [0.15, 0.2) is 28.8 Å². The Bertz CT molecular complexity index is 535. The van der Waals surface area contributed by atoms with Gasteiger partial charge in [0.2, 0.25) is 11.7 Å². The van der Waals surface area contributed by atoms with E-state index in [0.717, 1.165) is 12.0 Å². The van der Waals surface area contributed by atoms with Gasteiger partial charge >= 0.3 is 0 Å². The molecule has 0 fully saturated rings. The van der Waals surface area contributed by atoms with Crippen LogP contribution in [-0.2, 0) is 11.2 Å². The van der Waals surface area contributed by atoms with Crippen LogP contribution in [0, 0.1) is 0 Å². The summed E-state index contributed by atoms with van der Waals surface area (Å²) in [6, 6.07) is 6.50. The number of aromatic nitrogens is 2. The SMILES string of the molecule is CCC(OC)c1noc([C@H](N)Cc2ccc(O)cc2)n1. The minimum absolute atomic E-state index is 0.173. The van der Waals surface area contributed by atoms with Crippen molar-refractivity contribution in [1.82, 2.24) is 10.1 Å². The van der Waals surface area contributed by atoms with Gasteiger partial charge in [-0.3, -0.25) is 0 Å². The molecule has 0 spiro atoms. The molecule has 20 heavy (non-hydrogen) atoms. The Balaban J connectivity index is 2.05. The number of benzene rings is 1. The Hall–Kier alpha value is -1.92. The number of phenols is 1. The van der Waals surface area contributed by atoms with Crippen molar-refractivity contribution < 1.29 is 14.4 Å². The molecule has 0 saturated carbocycles. The van der Waals surface area contributed by atoms with Gasteiger partial charge in [0.05, 0.1) is 6.04 Å². The normalized spacial score (nSPS) is 14.2. The molecular weight excluding hydrogens is 258 g/mol. The molecule has 0 saturated heterocycles. The Morgan fingerprint density at radius 1 is 1.35 bits per heavy atom. The molecular formula is C14H19N3O3. The number of ether oxygens (including phenoxy) is 1. The summed E-state index contributed by atoms with van der Waals surface area (Å²) in [5.74, 6) is 1.14. The van der Waals surface area contributed by atoms with Gasteiger partial charge in [0.1, 0.15) is 11.9 Å². The van der Waals surface area contributed by atoms with Crippen molar-refractivity contribution in [1.29, 1.82) is 0 Å². The van der Waals surface area contributed by atoms with Gasteiger partial charge in [0, 0.05) is 7.11 Å². The largest absolute Gasteiger partial charge is 0.508 e. The first-order chi connectivity index (χ1) is 9.63. The Morgan fingerprint density at radius 3 is 2.65 bits per heavy atom. The maximum Gasteiger partial charge on any atom is 0.243 e. The lowest BCUT2D eigenvalue weighted by Gasteiger charge is -2.08. The fourth-order valence-electron chi connectivity index (χ4n) is 1.96. The lowest BCUT2D eigenvalue weighted by Crippen LogP contribution is -2.14. The maximum atomic E-state index is 9.24. The molecule has 0 amide bonds. The third-order valence-electron chi connectivity index (χ3n) is 3.11. The van der Waals surface area contributed by atoms with Crippen LogP contribution < -0.4 is 5.73 Å². The van der Waals surface area contributed by atoms with E-state index < -0.39 is 0 Å². The minimum atomic E-state index is -0.379. The van der Waals surface area contributed by atoms with E-state index in [9.17, 15) is 5.11 Å². The summed E-state index contributed by atoms with van der Waals surface area (Å²) in [5, 5.41) is 13.1. The van der Waals surface area contributed by atoms with E-state index in [2.05, 4.69) is 10.1 Å². The lowest BCUT2D eigenvalue weighted by molar-refractivity contribution is 0.0903. The zero-order valence-electron chi connectivity index (χ0n) is 11.6. The number of hydrogen-bond donors (Lipinski definition) is 2. The smallest absolute Gasteiger partial charge is 0.243 e. The Labute approximate surface area is 117 Å². The minimum Gasteiger partial charge on any atom is -0.508 e. The molecule has 6 nitrogen and oxygen atoms in total. The second-order valence-electron chi connectivity index (χ2n) is 4.60. The van der Waals surface area contributed by atoms with Crippen LogP contribution in [-0.4, -0.2) is 22.4 Å². The average molecular weight is 277 g/mol. The second kappa shape index (κ2) is 6.49. The predicted octanol–water partition coefficient (Wildman–Crippen LogP) is 2.12. The molecule has 1 heterocycles. The van der Waals surface area contributed by atoms with Crippen molar-refractivity contribution >= 4 is 0 Å². The molecule has 0 aliphatic carbocycles. The Kier molecular flexibility index (Phi) is 4.70. The molecule has 0 radical (unpaired) electrons. The van der Waals surface area contributed by atoms with Crippen molar-refractivity contribution in [2.45, 2.75) is 31.9 Å². The van der Waals surface area contributed by atoms with E-state index in [-0.39, 0.29) is 17.9 Å². The van der Waals surface area contributed by atoms with Crippen molar-refractivity contribution in [3.8, 4) is 5.75 Å². The predicted molar refractivity (Wildman–Crippen MR) is 73.1 cm³/mol. The molecule has 0 bridgehead atoms. The van der Waals surface area contributed by atoms with Gasteiger partial charge in [-0.15, -0.1) is 0 Å². The maximum absolute atomic E-state index is 9.24. The van der Waals surface area contributed by atoms with Crippen LogP contribution in [0.3, 0.4) is 0 Å². The summed E-state index contributed by atoms with van der Waals surface area (Å²) in [7, 11) is 1.61.